The highest BCUT2D eigenvalue weighted by Gasteiger charge is 2.24. The van der Waals surface area contributed by atoms with Crippen molar-refractivity contribution in [3.8, 4) is 5.75 Å². The van der Waals surface area contributed by atoms with Crippen LogP contribution >= 0.6 is 0 Å². The van der Waals surface area contributed by atoms with E-state index in [1.54, 1.807) is 12.0 Å². The zero-order valence-electron chi connectivity index (χ0n) is 21.3. The Morgan fingerprint density at radius 2 is 1.78 bits per heavy atom. The van der Waals surface area contributed by atoms with Gasteiger partial charge in [-0.3, -0.25) is 19.1 Å². The number of ether oxygens (including phenoxy) is 1. The first-order valence-electron chi connectivity index (χ1n) is 12.1. The molecule has 1 heterocycles. The Morgan fingerprint density at radius 1 is 1.11 bits per heavy atom. The number of nitrogen functional groups attached to an aromatic ring is 1. The van der Waals surface area contributed by atoms with Gasteiger partial charge >= 0.3 is 5.69 Å². The van der Waals surface area contributed by atoms with E-state index in [9.17, 15) is 14.4 Å². The Morgan fingerprint density at radius 3 is 2.36 bits per heavy atom. The number of hydrogen-bond acceptors (Lipinski definition) is 6. The van der Waals surface area contributed by atoms with Gasteiger partial charge in [-0.25, -0.2) is 4.79 Å². The Bertz CT molecular complexity index is 1270. The molecule has 3 aromatic rings. The maximum Gasteiger partial charge on any atom is 0.330 e. The van der Waals surface area contributed by atoms with E-state index in [4.69, 9.17) is 10.5 Å². The SMILES string of the molecule is CCCN(CC(=O)NC(c1ccc(OC)cc1)C(C)C)c1c(N)n(Cc2ccccc2)c(=O)[nH]c1=O. The molecule has 1 aromatic heterocycles. The van der Waals surface area contributed by atoms with Crippen LogP contribution in [0.4, 0.5) is 11.5 Å². The molecule has 9 nitrogen and oxygen atoms in total. The summed E-state index contributed by atoms with van der Waals surface area (Å²) in [6, 6.07) is 16.7. The van der Waals surface area contributed by atoms with Crippen molar-refractivity contribution in [1.29, 1.82) is 0 Å². The summed E-state index contributed by atoms with van der Waals surface area (Å²) in [6.45, 7) is 6.55. The molecule has 9 heteroatoms. The molecule has 0 spiro atoms. The lowest BCUT2D eigenvalue weighted by atomic mass is 9.96. The molecule has 0 aliphatic heterocycles. The van der Waals surface area contributed by atoms with E-state index >= 15 is 0 Å². The fourth-order valence-electron chi connectivity index (χ4n) is 4.18. The Labute approximate surface area is 210 Å². The first kappa shape index (κ1) is 26.6. The predicted molar refractivity (Wildman–Crippen MR) is 142 cm³/mol. The Balaban J connectivity index is 1.88. The number of methoxy groups -OCH3 is 1. The molecule has 3 rings (SSSR count). The van der Waals surface area contributed by atoms with E-state index < -0.39 is 11.2 Å². The van der Waals surface area contributed by atoms with Crippen LogP contribution in [-0.4, -0.2) is 35.7 Å². The summed E-state index contributed by atoms with van der Waals surface area (Å²) in [5.74, 6) is 0.646. The molecule has 0 saturated carbocycles. The molecular formula is C27H35N5O4. The van der Waals surface area contributed by atoms with E-state index in [1.807, 2.05) is 75.4 Å². The maximum atomic E-state index is 13.2. The first-order chi connectivity index (χ1) is 17.2. The number of carbonyl (C=O) groups excluding carboxylic acids is 1. The van der Waals surface area contributed by atoms with Crippen molar-refractivity contribution in [2.75, 3.05) is 30.8 Å². The monoisotopic (exact) mass is 493 g/mol. The van der Waals surface area contributed by atoms with Crippen LogP contribution < -0.4 is 31.9 Å². The minimum Gasteiger partial charge on any atom is -0.497 e. The fourth-order valence-corrected chi connectivity index (χ4v) is 4.18. The normalized spacial score (nSPS) is 11.8. The van der Waals surface area contributed by atoms with Gasteiger partial charge in [0.25, 0.3) is 5.56 Å². The van der Waals surface area contributed by atoms with Crippen molar-refractivity contribution in [3.63, 3.8) is 0 Å². The van der Waals surface area contributed by atoms with Gasteiger partial charge in [-0.2, -0.15) is 0 Å². The van der Waals surface area contributed by atoms with E-state index in [1.165, 1.54) is 4.57 Å². The number of nitrogens with two attached hydrogens (primary N) is 1. The third-order valence-corrected chi connectivity index (χ3v) is 6.00. The zero-order chi connectivity index (χ0) is 26.2. The van der Waals surface area contributed by atoms with Gasteiger partial charge < -0.3 is 20.7 Å². The molecule has 0 radical (unpaired) electrons. The van der Waals surface area contributed by atoms with Crippen LogP contribution in [0.5, 0.6) is 5.75 Å². The number of amides is 1. The van der Waals surface area contributed by atoms with Gasteiger partial charge in [-0.15, -0.1) is 0 Å². The summed E-state index contributed by atoms with van der Waals surface area (Å²) < 4.78 is 6.55. The smallest absolute Gasteiger partial charge is 0.330 e. The standard InChI is InChI=1S/C27H35N5O4/c1-5-15-31(17-22(33)29-23(18(2)3)20-11-13-21(36-4)14-12-20)24-25(28)32(27(35)30-26(24)34)16-19-9-7-6-8-10-19/h6-14,18,23H,5,15-17,28H2,1-4H3,(H,29,33)(H,30,34,35). The number of benzene rings is 2. The van der Waals surface area contributed by atoms with E-state index in [2.05, 4.69) is 10.3 Å². The van der Waals surface area contributed by atoms with Gasteiger partial charge in [-0.1, -0.05) is 63.2 Å². The van der Waals surface area contributed by atoms with Crippen LogP contribution in [0.3, 0.4) is 0 Å². The highest BCUT2D eigenvalue weighted by atomic mass is 16.5. The highest BCUT2D eigenvalue weighted by molar-refractivity contribution is 5.83. The molecule has 1 amide bonds. The number of carbonyl (C=O) groups is 1. The second-order valence-corrected chi connectivity index (χ2v) is 9.05. The van der Waals surface area contributed by atoms with E-state index in [0.717, 1.165) is 16.9 Å². The molecular weight excluding hydrogens is 458 g/mol. The van der Waals surface area contributed by atoms with Crippen molar-refractivity contribution in [3.05, 3.63) is 86.6 Å². The lowest BCUT2D eigenvalue weighted by Gasteiger charge is -2.28. The molecule has 1 atom stereocenters. The second-order valence-electron chi connectivity index (χ2n) is 9.05. The molecule has 0 aliphatic rings. The van der Waals surface area contributed by atoms with Gasteiger partial charge in [0.05, 0.1) is 26.2 Å². The lowest BCUT2D eigenvalue weighted by Crippen LogP contribution is -2.44. The summed E-state index contributed by atoms with van der Waals surface area (Å²) in [4.78, 5) is 42.6. The Kier molecular flexibility index (Phi) is 8.94. The van der Waals surface area contributed by atoms with Crippen LogP contribution in [0.2, 0.25) is 0 Å². The quantitative estimate of drug-likeness (QED) is 0.378. The lowest BCUT2D eigenvalue weighted by molar-refractivity contribution is -0.120. The molecule has 0 fully saturated rings. The molecule has 0 aliphatic carbocycles. The van der Waals surface area contributed by atoms with E-state index in [0.29, 0.717) is 13.0 Å². The third-order valence-electron chi connectivity index (χ3n) is 6.00. The van der Waals surface area contributed by atoms with Crippen LogP contribution in [0.25, 0.3) is 0 Å². The van der Waals surface area contributed by atoms with Crippen molar-refractivity contribution in [2.45, 2.75) is 39.8 Å². The number of nitrogens with one attached hydrogen (secondary N) is 2. The first-order valence-corrected chi connectivity index (χ1v) is 12.1. The van der Waals surface area contributed by atoms with Gasteiger partial charge in [0.2, 0.25) is 5.91 Å². The fraction of sp³-hybridized carbons (Fsp3) is 0.370. The van der Waals surface area contributed by atoms with Gasteiger partial charge in [0.15, 0.2) is 0 Å². The van der Waals surface area contributed by atoms with Crippen LogP contribution in [-0.2, 0) is 11.3 Å². The predicted octanol–water partition coefficient (Wildman–Crippen LogP) is 2.91. The van der Waals surface area contributed by atoms with Crippen molar-refractivity contribution >= 4 is 17.4 Å². The average Bonchev–Trinajstić information content (AvgIpc) is 2.85. The third kappa shape index (κ3) is 6.35. The number of hydrogen-bond donors (Lipinski definition) is 3. The van der Waals surface area contributed by atoms with Gasteiger partial charge in [-0.05, 0) is 35.6 Å². The Hall–Kier alpha value is -4.01. The second kappa shape index (κ2) is 12.1. The summed E-state index contributed by atoms with van der Waals surface area (Å²) in [5.41, 5.74) is 7.10. The summed E-state index contributed by atoms with van der Waals surface area (Å²) in [7, 11) is 1.61. The summed E-state index contributed by atoms with van der Waals surface area (Å²) >= 11 is 0. The van der Waals surface area contributed by atoms with E-state index in [-0.39, 0.29) is 42.5 Å². The molecule has 2 aromatic carbocycles. The van der Waals surface area contributed by atoms with Crippen LogP contribution in [0, 0.1) is 5.92 Å². The largest absolute Gasteiger partial charge is 0.497 e. The summed E-state index contributed by atoms with van der Waals surface area (Å²) in [6.07, 6.45) is 0.677. The van der Waals surface area contributed by atoms with Gasteiger partial charge in [0.1, 0.15) is 17.3 Å². The molecule has 0 saturated heterocycles. The zero-order valence-corrected chi connectivity index (χ0v) is 21.3. The molecule has 0 bridgehead atoms. The van der Waals surface area contributed by atoms with Crippen LogP contribution in [0.1, 0.15) is 44.4 Å². The van der Waals surface area contributed by atoms with Gasteiger partial charge in [0, 0.05) is 6.54 Å². The average molecular weight is 494 g/mol. The molecule has 192 valence electrons. The number of aromatic nitrogens is 2. The topological polar surface area (TPSA) is 122 Å². The van der Waals surface area contributed by atoms with Crippen LogP contribution in [0.15, 0.2) is 64.2 Å². The number of nitrogens with zero attached hydrogens (tertiary/aromatic N) is 2. The summed E-state index contributed by atoms with van der Waals surface area (Å²) in [5, 5.41) is 3.09. The minimum atomic E-state index is -0.612. The highest BCUT2D eigenvalue weighted by Crippen LogP contribution is 2.24. The molecule has 36 heavy (non-hydrogen) atoms. The molecule has 4 N–H and O–H groups in total. The van der Waals surface area contributed by atoms with Crippen molar-refractivity contribution in [1.82, 2.24) is 14.9 Å². The number of H-pyrrole nitrogens is 1. The minimum absolute atomic E-state index is 0.0319. The molecule has 1 unspecified atom stereocenters. The maximum absolute atomic E-state index is 13.2. The number of rotatable bonds is 11. The van der Waals surface area contributed by atoms with Crippen molar-refractivity contribution < 1.29 is 9.53 Å². The number of aromatic amines is 1. The number of anilines is 2. The van der Waals surface area contributed by atoms with Crippen molar-refractivity contribution in [2.24, 2.45) is 5.92 Å².